The van der Waals surface area contributed by atoms with Crippen molar-refractivity contribution in [1.29, 1.82) is 0 Å². The minimum Gasteiger partial charge on any atom is -0.454 e. The van der Waals surface area contributed by atoms with Crippen LogP contribution in [0.5, 0.6) is 11.5 Å². The maximum absolute atomic E-state index is 13.5. The van der Waals surface area contributed by atoms with E-state index in [9.17, 15) is 9.18 Å². The van der Waals surface area contributed by atoms with Gasteiger partial charge in [0.15, 0.2) is 11.5 Å². The third kappa shape index (κ3) is 2.78. The Morgan fingerprint density at radius 1 is 1.29 bits per heavy atom. The molecule has 1 aliphatic heterocycles. The second-order valence-corrected chi connectivity index (χ2v) is 4.87. The van der Waals surface area contributed by atoms with E-state index in [1.54, 1.807) is 24.3 Å². The molecule has 0 unspecified atom stereocenters. The van der Waals surface area contributed by atoms with E-state index in [4.69, 9.17) is 21.1 Å². The highest BCUT2D eigenvalue weighted by molar-refractivity contribution is 6.32. The first-order valence-corrected chi connectivity index (χ1v) is 6.63. The molecule has 0 aromatic heterocycles. The third-order valence-electron chi connectivity index (χ3n) is 3.09. The van der Waals surface area contributed by atoms with Crippen LogP contribution < -0.4 is 14.8 Å². The molecule has 1 amide bonds. The summed E-state index contributed by atoms with van der Waals surface area (Å²) >= 11 is 6.02. The van der Waals surface area contributed by atoms with Gasteiger partial charge < -0.3 is 14.8 Å². The smallest absolute Gasteiger partial charge is 0.251 e. The summed E-state index contributed by atoms with van der Waals surface area (Å²) in [7, 11) is 0. The van der Waals surface area contributed by atoms with Gasteiger partial charge in [0, 0.05) is 17.7 Å². The predicted octanol–water partition coefficient (Wildman–Crippen LogP) is 3.14. The Kier molecular flexibility index (Phi) is 3.66. The van der Waals surface area contributed by atoms with E-state index in [0.717, 1.165) is 0 Å². The van der Waals surface area contributed by atoms with Gasteiger partial charge in [-0.15, -0.1) is 0 Å². The highest BCUT2D eigenvalue weighted by atomic mass is 35.5. The van der Waals surface area contributed by atoms with Crippen molar-refractivity contribution in [3.8, 4) is 11.5 Å². The lowest BCUT2D eigenvalue weighted by Gasteiger charge is -2.08. The van der Waals surface area contributed by atoms with E-state index < -0.39 is 0 Å². The Bertz CT molecular complexity index is 705. The lowest BCUT2D eigenvalue weighted by atomic mass is 10.1. The predicted molar refractivity (Wildman–Crippen MR) is 75.1 cm³/mol. The van der Waals surface area contributed by atoms with Crippen LogP contribution >= 0.6 is 11.6 Å². The summed E-state index contributed by atoms with van der Waals surface area (Å²) in [4.78, 5) is 12.1. The number of rotatable bonds is 3. The second-order valence-electron chi connectivity index (χ2n) is 4.47. The van der Waals surface area contributed by atoms with E-state index in [2.05, 4.69) is 5.32 Å². The van der Waals surface area contributed by atoms with Gasteiger partial charge in [0.25, 0.3) is 5.91 Å². The molecular formula is C15H11ClFNO3. The largest absolute Gasteiger partial charge is 0.454 e. The summed E-state index contributed by atoms with van der Waals surface area (Å²) in [6, 6.07) is 9.30. The topological polar surface area (TPSA) is 47.6 Å². The van der Waals surface area contributed by atoms with Crippen molar-refractivity contribution >= 4 is 17.5 Å². The summed E-state index contributed by atoms with van der Waals surface area (Å²) in [6.07, 6.45) is 0. The van der Waals surface area contributed by atoms with Gasteiger partial charge in [-0.05, 0) is 18.2 Å². The molecule has 2 aromatic carbocycles. The molecule has 0 fully saturated rings. The fraction of sp³-hybridized carbons (Fsp3) is 0.133. The molecule has 0 bridgehead atoms. The van der Waals surface area contributed by atoms with E-state index in [1.165, 1.54) is 12.1 Å². The number of carbonyl (C=O) groups excluding carboxylic acids is 1. The minimum absolute atomic E-state index is 0.0787. The highest BCUT2D eigenvalue weighted by Gasteiger charge is 2.20. The summed E-state index contributed by atoms with van der Waals surface area (Å²) < 4.78 is 23.9. The Balaban J connectivity index is 1.74. The molecular weight excluding hydrogens is 297 g/mol. The number of fused-ring (bicyclic) bond motifs is 1. The Morgan fingerprint density at radius 2 is 2.10 bits per heavy atom. The number of ether oxygens (including phenoxy) is 2. The molecule has 0 radical (unpaired) electrons. The van der Waals surface area contributed by atoms with Crippen LogP contribution in [0.2, 0.25) is 5.02 Å². The van der Waals surface area contributed by atoms with Gasteiger partial charge in [-0.2, -0.15) is 0 Å². The van der Waals surface area contributed by atoms with Crippen molar-refractivity contribution in [3.05, 3.63) is 58.4 Å². The van der Waals surface area contributed by atoms with E-state index in [1.807, 2.05) is 0 Å². The summed E-state index contributed by atoms with van der Waals surface area (Å²) in [5.74, 6) is 0.140. The van der Waals surface area contributed by atoms with E-state index in [-0.39, 0.29) is 25.1 Å². The number of amides is 1. The van der Waals surface area contributed by atoms with Crippen LogP contribution in [0.4, 0.5) is 4.39 Å². The zero-order valence-corrected chi connectivity index (χ0v) is 11.6. The van der Waals surface area contributed by atoms with Gasteiger partial charge in [0.1, 0.15) is 5.82 Å². The summed E-state index contributed by atoms with van der Waals surface area (Å²) in [6.45, 7) is 0.174. The van der Waals surface area contributed by atoms with Crippen molar-refractivity contribution < 1.29 is 18.7 Å². The number of carbonyl (C=O) groups is 1. The van der Waals surface area contributed by atoms with Crippen molar-refractivity contribution in [1.82, 2.24) is 5.32 Å². The van der Waals surface area contributed by atoms with Crippen LogP contribution in [0, 0.1) is 5.82 Å². The summed E-state index contributed by atoms with van der Waals surface area (Å²) in [5, 5.41) is 2.95. The third-order valence-corrected chi connectivity index (χ3v) is 3.37. The number of nitrogens with one attached hydrogen (secondary N) is 1. The van der Waals surface area contributed by atoms with Crippen LogP contribution in [0.3, 0.4) is 0 Å². The molecule has 4 nitrogen and oxygen atoms in total. The number of benzene rings is 2. The van der Waals surface area contributed by atoms with Crippen molar-refractivity contribution in [2.45, 2.75) is 6.54 Å². The van der Waals surface area contributed by atoms with Gasteiger partial charge in [-0.25, -0.2) is 4.39 Å². The monoisotopic (exact) mass is 307 g/mol. The van der Waals surface area contributed by atoms with Gasteiger partial charge in [0.05, 0.1) is 5.02 Å². The summed E-state index contributed by atoms with van der Waals surface area (Å²) in [5.41, 5.74) is 0.748. The van der Waals surface area contributed by atoms with Crippen LogP contribution in [0.25, 0.3) is 0 Å². The molecule has 3 rings (SSSR count). The maximum atomic E-state index is 13.5. The number of halogens is 2. The fourth-order valence-corrected chi connectivity index (χ4v) is 2.28. The first-order valence-electron chi connectivity index (χ1n) is 6.26. The standard InChI is InChI=1S/C15H11ClFNO3/c16-11-5-10(6-13-14(11)21-8-20-13)15(19)18-7-9-3-1-2-4-12(9)17/h1-6H,7-8H2,(H,18,19). The molecule has 0 aliphatic carbocycles. The fourth-order valence-electron chi connectivity index (χ4n) is 2.02. The van der Waals surface area contributed by atoms with Crippen molar-refractivity contribution in [3.63, 3.8) is 0 Å². The molecule has 2 aromatic rings. The molecule has 0 spiro atoms. The zero-order valence-electron chi connectivity index (χ0n) is 10.9. The van der Waals surface area contributed by atoms with E-state index in [0.29, 0.717) is 27.6 Å². The SMILES string of the molecule is O=C(NCc1ccccc1F)c1cc(Cl)c2c(c1)OCO2. The average molecular weight is 308 g/mol. The molecule has 1 aliphatic rings. The molecule has 0 saturated carbocycles. The minimum atomic E-state index is -0.363. The lowest BCUT2D eigenvalue weighted by Crippen LogP contribution is -2.23. The molecule has 21 heavy (non-hydrogen) atoms. The molecule has 1 N–H and O–H groups in total. The number of hydrogen-bond acceptors (Lipinski definition) is 3. The normalized spacial score (nSPS) is 12.3. The first-order chi connectivity index (χ1) is 10.1. The average Bonchev–Trinajstić information content (AvgIpc) is 2.95. The molecule has 108 valence electrons. The first kappa shape index (κ1) is 13.7. The highest BCUT2D eigenvalue weighted by Crippen LogP contribution is 2.39. The van der Waals surface area contributed by atoms with Gasteiger partial charge in [-0.3, -0.25) is 4.79 Å². The number of hydrogen-bond donors (Lipinski definition) is 1. The van der Waals surface area contributed by atoms with Crippen LogP contribution in [-0.4, -0.2) is 12.7 Å². The Morgan fingerprint density at radius 3 is 2.90 bits per heavy atom. The Hall–Kier alpha value is -2.27. The van der Waals surface area contributed by atoms with Crippen LogP contribution in [0.15, 0.2) is 36.4 Å². The maximum Gasteiger partial charge on any atom is 0.251 e. The van der Waals surface area contributed by atoms with Gasteiger partial charge in [0.2, 0.25) is 6.79 Å². The Labute approximate surface area is 125 Å². The second kappa shape index (κ2) is 5.61. The molecule has 1 heterocycles. The van der Waals surface area contributed by atoms with Crippen molar-refractivity contribution in [2.24, 2.45) is 0 Å². The quantitative estimate of drug-likeness (QED) is 0.947. The van der Waals surface area contributed by atoms with Gasteiger partial charge >= 0.3 is 0 Å². The molecule has 0 atom stereocenters. The lowest BCUT2D eigenvalue weighted by molar-refractivity contribution is 0.0950. The van der Waals surface area contributed by atoms with E-state index >= 15 is 0 Å². The molecule has 6 heteroatoms. The van der Waals surface area contributed by atoms with Gasteiger partial charge in [-0.1, -0.05) is 29.8 Å². The van der Waals surface area contributed by atoms with Crippen LogP contribution in [-0.2, 0) is 6.54 Å². The van der Waals surface area contributed by atoms with Crippen molar-refractivity contribution in [2.75, 3.05) is 6.79 Å². The van der Waals surface area contributed by atoms with Crippen LogP contribution in [0.1, 0.15) is 15.9 Å². The zero-order chi connectivity index (χ0) is 14.8. The molecule has 0 saturated heterocycles.